The van der Waals surface area contributed by atoms with Crippen LogP contribution in [0.15, 0.2) is 24.7 Å². The van der Waals surface area contributed by atoms with Crippen LogP contribution in [0.5, 0.6) is 0 Å². The highest BCUT2D eigenvalue weighted by atomic mass is 15.3. The first-order valence-corrected chi connectivity index (χ1v) is 6.55. The number of hydrogen-bond donors (Lipinski definition) is 1. The van der Waals surface area contributed by atoms with Crippen molar-refractivity contribution >= 4 is 0 Å². The van der Waals surface area contributed by atoms with Crippen molar-refractivity contribution in [2.45, 2.75) is 32.7 Å². The molecule has 0 radical (unpaired) electrons. The molecule has 0 bridgehead atoms. The summed E-state index contributed by atoms with van der Waals surface area (Å²) in [6.45, 7) is 7.38. The van der Waals surface area contributed by atoms with Crippen molar-refractivity contribution in [3.8, 4) is 11.1 Å². The van der Waals surface area contributed by atoms with Crippen LogP contribution in [0.1, 0.15) is 32.0 Å². The average molecular weight is 258 g/mol. The number of nitrogens with zero attached hydrogens (tertiary/aromatic N) is 3. The second kappa shape index (κ2) is 5.13. The number of aryl methyl sites for hydroxylation is 1. The van der Waals surface area contributed by atoms with Crippen molar-refractivity contribution in [2.24, 2.45) is 7.05 Å². The lowest BCUT2D eigenvalue weighted by atomic mass is 9.88. The fourth-order valence-corrected chi connectivity index (χ4v) is 2.19. The highest BCUT2D eigenvalue weighted by molar-refractivity contribution is 5.66. The van der Waals surface area contributed by atoms with Crippen molar-refractivity contribution in [1.82, 2.24) is 20.1 Å². The van der Waals surface area contributed by atoms with Gasteiger partial charge in [-0.3, -0.25) is 9.67 Å². The zero-order chi connectivity index (χ0) is 14.0. The van der Waals surface area contributed by atoms with Gasteiger partial charge in [0, 0.05) is 48.7 Å². The van der Waals surface area contributed by atoms with Crippen LogP contribution in [0.2, 0.25) is 0 Å². The van der Waals surface area contributed by atoms with E-state index < -0.39 is 0 Å². The molecule has 2 heterocycles. The number of aromatic nitrogens is 3. The quantitative estimate of drug-likeness (QED) is 0.920. The van der Waals surface area contributed by atoms with Gasteiger partial charge in [-0.05, 0) is 18.7 Å². The summed E-state index contributed by atoms with van der Waals surface area (Å²) in [7, 11) is 3.90. The van der Waals surface area contributed by atoms with E-state index in [1.165, 1.54) is 11.1 Å². The Hall–Kier alpha value is -1.68. The summed E-state index contributed by atoms with van der Waals surface area (Å²) in [5, 5.41) is 7.76. The zero-order valence-corrected chi connectivity index (χ0v) is 12.4. The normalized spacial score (nSPS) is 11.8. The van der Waals surface area contributed by atoms with Crippen molar-refractivity contribution in [3.63, 3.8) is 0 Å². The summed E-state index contributed by atoms with van der Waals surface area (Å²) in [6, 6.07) is 2.18. The van der Waals surface area contributed by atoms with Gasteiger partial charge in [0.2, 0.25) is 0 Å². The van der Waals surface area contributed by atoms with Gasteiger partial charge in [0.05, 0.1) is 5.69 Å². The van der Waals surface area contributed by atoms with Gasteiger partial charge in [-0.25, -0.2) is 0 Å². The average Bonchev–Trinajstić information content (AvgIpc) is 2.72. The molecule has 4 heteroatoms. The highest BCUT2D eigenvalue weighted by Gasteiger charge is 2.22. The van der Waals surface area contributed by atoms with E-state index in [9.17, 15) is 0 Å². The minimum Gasteiger partial charge on any atom is -0.316 e. The van der Waals surface area contributed by atoms with Crippen LogP contribution in [-0.4, -0.2) is 21.8 Å². The van der Waals surface area contributed by atoms with E-state index in [1.54, 1.807) is 0 Å². The van der Waals surface area contributed by atoms with Gasteiger partial charge in [0.25, 0.3) is 0 Å². The van der Waals surface area contributed by atoms with Crippen molar-refractivity contribution in [1.29, 1.82) is 0 Å². The van der Waals surface area contributed by atoms with Crippen LogP contribution in [0.4, 0.5) is 0 Å². The molecule has 0 amide bonds. The standard InChI is InChI=1S/C15H22N4/c1-15(2,3)14-13(10-19(5)18-14)12-6-11(7-16-4)8-17-9-12/h6,8-10,16H,7H2,1-5H3. The molecule has 0 fully saturated rings. The molecule has 0 aromatic carbocycles. The summed E-state index contributed by atoms with van der Waals surface area (Å²) in [5.74, 6) is 0. The number of rotatable bonds is 3. The van der Waals surface area contributed by atoms with Gasteiger partial charge < -0.3 is 5.32 Å². The zero-order valence-electron chi connectivity index (χ0n) is 12.4. The Kier molecular flexibility index (Phi) is 3.71. The Balaban J connectivity index is 2.49. The number of hydrogen-bond acceptors (Lipinski definition) is 3. The maximum absolute atomic E-state index is 4.61. The predicted octanol–water partition coefficient (Wildman–Crippen LogP) is 2.50. The van der Waals surface area contributed by atoms with Crippen LogP contribution in [0.25, 0.3) is 11.1 Å². The van der Waals surface area contributed by atoms with E-state index in [4.69, 9.17) is 0 Å². The van der Waals surface area contributed by atoms with Gasteiger partial charge in [-0.1, -0.05) is 20.8 Å². The second-order valence-electron chi connectivity index (χ2n) is 5.93. The molecule has 0 atom stereocenters. The Labute approximate surface area is 114 Å². The van der Waals surface area contributed by atoms with Gasteiger partial charge in [-0.2, -0.15) is 5.10 Å². The van der Waals surface area contributed by atoms with Gasteiger partial charge in [0.15, 0.2) is 0 Å². The Morgan fingerprint density at radius 1 is 1.26 bits per heavy atom. The first-order chi connectivity index (χ1) is 8.91. The van der Waals surface area contributed by atoms with Crippen molar-refractivity contribution < 1.29 is 0 Å². The van der Waals surface area contributed by atoms with Crippen molar-refractivity contribution in [3.05, 3.63) is 35.9 Å². The molecule has 0 saturated carbocycles. The molecule has 2 rings (SSSR count). The minimum absolute atomic E-state index is 0.0234. The molecule has 0 spiro atoms. The molecule has 0 aliphatic rings. The van der Waals surface area contributed by atoms with Crippen molar-refractivity contribution in [2.75, 3.05) is 7.05 Å². The van der Waals surface area contributed by atoms with E-state index in [2.05, 4.69) is 48.4 Å². The number of nitrogens with one attached hydrogen (secondary N) is 1. The third-order valence-corrected chi connectivity index (χ3v) is 3.03. The fourth-order valence-electron chi connectivity index (χ4n) is 2.19. The van der Waals surface area contributed by atoms with Crippen LogP contribution in [0, 0.1) is 0 Å². The highest BCUT2D eigenvalue weighted by Crippen LogP contribution is 2.31. The molecule has 19 heavy (non-hydrogen) atoms. The maximum atomic E-state index is 4.61. The van der Waals surface area contributed by atoms with Crippen LogP contribution < -0.4 is 5.32 Å². The van der Waals surface area contributed by atoms with Gasteiger partial charge >= 0.3 is 0 Å². The summed E-state index contributed by atoms with van der Waals surface area (Å²) in [4.78, 5) is 4.34. The minimum atomic E-state index is 0.0234. The Morgan fingerprint density at radius 3 is 2.63 bits per heavy atom. The summed E-state index contributed by atoms with van der Waals surface area (Å²) in [6.07, 6.45) is 5.87. The van der Waals surface area contributed by atoms with E-state index in [0.29, 0.717) is 0 Å². The molecule has 2 aromatic rings. The largest absolute Gasteiger partial charge is 0.316 e. The summed E-state index contributed by atoms with van der Waals surface area (Å²) < 4.78 is 1.88. The van der Waals surface area contributed by atoms with E-state index in [1.807, 2.05) is 31.2 Å². The Morgan fingerprint density at radius 2 is 2.00 bits per heavy atom. The molecule has 1 N–H and O–H groups in total. The van der Waals surface area contributed by atoms with E-state index in [-0.39, 0.29) is 5.41 Å². The molecule has 0 unspecified atom stereocenters. The summed E-state index contributed by atoms with van der Waals surface area (Å²) >= 11 is 0. The molecule has 0 aliphatic heterocycles. The topological polar surface area (TPSA) is 42.7 Å². The van der Waals surface area contributed by atoms with Crippen LogP contribution in [0.3, 0.4) is 0 Å². The van der Waals surface area contributed by atoms with Crippen LogP contribution >= 0.6 is 0 Å². The third kappa shape index (κ3) is 3.01. The molecule has 0 saturated heterocycles. The lowest BCUT2D eigenvalue weighted by Gasteiger charge is -2.17. The SMILES string of the molecule is CNCc1cncc(-c2cn(C)nc2C(C)(C)C)c1. The molecule has 102 valence electrons. The fraction of sp³-hybridized carbons (Fsp3) is 0.467. The lowest BCUT2D eigenvalue weighted by molar-refractivity contribution is 0.554. The smallest absolute Gasteiger partial charge is 0.0756 e. The van der Waals surface area contributed by atoms with E-state index >= 15 is 0 Å². The first-order valence-electron chi connectivity index (χ1n) is 6.55. The van der Waals surface area contributed by atoms with Gasteiger partial charge in [0.1, 0.15) is 0 Å². The second-order valence-corrected chi connectivity index (χ2v) is 5.93. The van der Waals surface area contributed by atoms with Gasteiger partial charge in [-0.15, -0.1) is 0 Å². The summed E-state index contributed by atoms with van der Waals surface area (Å²) in [5.41, 5.74) is 4.61. The van der Waals surface area contributed by atoms with Crippen LogP contribution in [-0.2, 0) is 19.0 Å². The molecular formula is C15H22N4. The molecule has 2 aromatic heterocycles. The molecular weight excluding hydrogens is 236 g/mol. The maximum Gasteiger partial charge on any atom is 0.0756 e. The molecule has 0 aliphatic carbocycles. The Bertz CT molecular complexity index is 564. The first kappa shape index (κ1) is 13.7. The monoisotopic (exact) mass is 258 g/mol. The molecule has 4 nitrogen and oxygen atoms in total. The predicted molar refractivity (Wildman–Crippen MR) is 77.9 cm³/mol. The van der Waals surface area contributed by atoms with E-state index in [0.717, 1.165) is 17.8 Å². The third-order valence-electron chi connectivity index (χ3n) is 3.03. The number of pyridine rings is 1. The lowest BCUT2D eigenvalue weighted by Crippen LogP contribution is -2.14.